The predicted octanol–water partition coefficient (Wildman–Crippen LogP) is 4.10. The van der Waals surface area contributed by atoms with Crippen LogP contribution in [0.1, 0.15) is 56.6 Å². The number of hydrazine groups is 1. The zero-order chi connectivity index (χ0) is 14.5. The standard InChI is InChI=1S/C18H25N3/c19-21-18(12-14-6-3-1-2-4-7-14)16-9-5-8-15-10-11-20-13-17(15)16/h5,8-11,13-14,18,21H,1-4,6-7,12,19H2. The molecule has 3 heteroatoms. The minimum Gasteiger partial charge on any atom is -0.271 e. The van der Waals surface area contributed by atoms with Gasteiger partial charge in [0.2, 0.25) is 0 Å². The van der Waals surface area contributed by atoms with Gasteiger partial charge in [-0.3, -0.25) is 16.3 Å². The molecule has 1 aliphatic carbocycles. The number of hydrogen-bond donors (Lipinski definition) is 2. The van der Waals surface area contributed by atoms with Gasteiger partial charge in [-0.25, -0.2) is 0 Å². The summed E-state index contributed by atoms with van der Waals surface area (Å²) in [5, 5.41) is 2.46. The van der Waals surface area contributed by atoms with Crippen molar-refractivity contribution in [1.82, 2.24) is 10.4 Å². The third-order valence-corrected chi connectivity index (χ3v) is 4.84. The van der Waals surface area contributed by atoms with Crippen LogP contribution >= 0.6 is 0 Å². The van der Waals surface area contributed by atoms with Crippen LogP contribution in [-0.2, 0) is 0 Å². The number of aromatic nitrogens is 1. The molecule has 1 saturated carbocycles. The lowest BCUT2D eigenvalue weighted by atomic mass is 9.88. The first-order chi connectivity index (χ1) is 10.4. The molecule has 3 rings (SSSR count). The van der Waals surface area contributed by atoms with Crippen molar-refractivity contribution in [2.45, 2.75) is 51.0 Å². The van der Waals surface area contributed by atoms with Crippen LogP contribution in [0.4, 0.5) is 0 Å². The van der Waals surface area contributed by atoms with Crippen LogP contribution in [0.3, 0.4) is 0 Å². The Bertz CT molecular complexity index is 568. The second kappa shape index (κ2) is 7.01. The molecule has 21 heavy (non-hydrogen) atoms. The number of nitrogens with zero attached hydrogens (tertiary/aromatic N) is 1. The largest absolute Gasteiger partial charge is 0.271 e. The van der Waals surface area contributed by atoms with Crippen LogP contribution in [0, 0.1) is 5.92 Å². The molecule has 1 aromatic carbocycles. The smallest absolute Gasteiger partial charge is 0.0469 e. The highest BCUT2D eigenvalue weighted by Crippen LogP contribution is 2.33. The van der Waals surface area contributed by atoms with E-state index in [0.717, 1.165) is 12.3 Å². The summed E-state index contributed by atoms with van der Waals surface area (Å²) in [5.41, 5.74) is 4.33. The third-order valence-electron chi connectivity index (χ3n) is 4.84. The van der Waals surface area contributed by atoms with E-state index in [4.69, 9.17) is 5.84 Å². The van der Waals surface area contributed by atoms with Crippen molar-refractivity contribution < 1.29 is 0 Å². The van der Waals surface area contributed by atoms with Crippen molar-refractivity contribution in [3.05, 3.63) is 42.2 Å². The van der Waals surface area contributed by atoms with E-state index >= 15 is 0 Å². The number of pyridine rings is 1. The number of rotatable bonds is 4. The fraction of sp³-hybridized carbons (Fsp3) is 0.500. The monoisotopic (exact) mass is 283 g/mol. The molecule has 1 unspecified atom stereocenters. The van der Waals surface area contributed by atoms with Gasteiger partial charge in [0.05, 0.1) is 0 Å². The fourth-order valence-corrected chi connectivity index (χ4v) is 3.66. The van der Waals surface area contributed by atoms with E-state index in [1.807, 2.05) is 12.4 Å². The first kappa shape index (κ1) is 14.5. The van der Waals surface area contributed by atoms with Gasteiger partial charge >= 0.3 is 0 Å². The summed E-state index contributed by atoms with van der Waals surface area (Å²) in [6.07, 6.45) is 13.2. The Hall–Kier alpha value is -1.45. The molecule has 1 heterocycles. The van der Waals surface area contributed by atoms with Crippen molar-refractivity contribution in [3.8, 4) is 0 Å². The Morgan fingerprint density at radius 2 is 1.95 bits per heavy atom. The first-order valence-corrected chi connectivity index (χ1v) is 8.17. The van der Waals surface area contributed by atoms with Gasteiger partial charge in [-0.1, -0.05) is 56.7 Å². The zero-order valence-corrected chi connectivity index (χ0v) is 12.6. The van der Waals surface area contributed by atoms with E-state index in [1.54, 1.807) is 0 Å². The lowest BCUT2D eigenvalue weighted by molar-refractivity contribution is 0.360. The van der Waals surface area contributed by atoms with Crippen LogP contribution < -0.4 is 11.3 Å². The third kappa shape index (κ3) is 3.42. The quantitative estimate of drug-likeness (QED) is 0.504. The van der Waals surface area contributed by atoms with E-state index in [9.17, 15) is 0 Å². The summed E-state index contributed by atoms with van der Waals surface area (Å²) in [6.45, 7) is 0. The molecule has 0 amide bonds. The van der Waals surface area contributed by atoms with Gasteiger partial charge in [-0.15, -0.1) is 0 Å². The van der Waals surface area contributed by atoms with Crippen LogP contribution in [-0.4, -0.2) is 4.98 Å². The van der Waals surface area contributed by atoms with Gasteiger partial charge in [-0.2, -0.15) is 0 Å². The Balaban J connectivity index is 1.84. The van der Waals surface area contributed by atoms with E-state index in [0.29, 0.717) is 0 Å². The van der Waals surface area contributed by atoms with Gasteiger partial charge in [0, 0.05) is 23.8 Å². The number of benzene rings is 1. The molecule has 0 radical (unpaired) electrons. The SMILES string of the molecule is NNC(CC1CCCCCC1)c1cccc2ccncc12. The van der Waals surface area contributed by atoms with Crippen LogP contribution in [0.5, 0.6) is 0 Å². The average Bonchev–Trinajstić information content (AvgIpc) is 2.81. The summed E-state index contributed by atoms with van der Waals surface area (Å²) in [7, 11) is 0. The summed E-state index contributed by atoms with van der Waals surface area (Å²) < 4.78 is 0. The molecule has 1 aromatic heterocycles. The minimum atomic E-state index is 0.223. The second-order valence-electron chi connectivity index (χ2n) is 6.26. The highest BCUT2D eigenvalue weighted by molar-refractivity contribution is 5.85. The number of hydrogen-bond acceptors (Lipinski definition) is 3. The molecular formula is C18H25N3. The maximum atomic E-state index is 5.88. The zero-order valence-electron chi connectivity index (χ0n) is 12.6. The molecule has 3 N–H and O–H groups in total. The first-order valence-electron chi connectivity index (χ1n) is 8.17. The molecule has 0 bridgehead atoms. The number of nitrogens with two attached hydrogens (primary N) is 1. The molecule has 0 saturated heterocycles. The van der Waals surface area contributed by atoms with Crippen molar-refractivity contribution in [2.75, 3.05) is 0 Å². The normalized spacial score (nSPS) is 18.5. The van der Waals surface area contributed by atoms with Gasteiger partial charge in [0.15, 0.2) is 0 Å². The van der Waals surface area contributed by atoms with Crippen molar-refractivity contribution >= 4 is 10.8 Å². The van der Waals surface area contributed by atoms with Crippen molar-refractivity contribution in [1.29, 1.82) is 0 Å². The Morgan fingerprint density at radius 1 is 1.14 bits per heavy atom. The van der Waals surface area contributed by atoms with Gasteiger partial charge in [0.1, 0.15) is 0 Å². The topological polar surface area (TPSA) is 50.9 Å². The van der Waals surface area contributed by atoms with Crippen LogP contribution in [0.25, 0.3) is 10.8 Å². The predicted molar refractivity (Wildman–Crippen MR) is 87.6 cm³/mol. The molecule has 2 aromatic rings. The highest BCUT2D eigenvalue weighted by Gasteiger charge is 2.20. The van der Waals surface area contributed by atoms with Crippen molar-refractivity contribution in [2.24, 2.45) is 11.8 Å². The van der Waals surface area contributed by atoms with Gasteiger partial charge in [-0.05, 0) is 29.4 Å². The lowest BCUT2D eigenvalue weighted by Crippen LogP contribution is -2.30. The lowest BCUT2D eigenvalue weighted by Gasteiger charge is -2.23. The Kier molecular flexibility index (Phi) is 4.84. The van der Waals surface area contributed by atoms with E-state index in [-0.39, 0.29) is 6.04 Å². The van der Waals surface area contributed by atoms with Crippen LogP contribution in [0.2, 0.25) is 0 Å². The average molecular weight is 283 g/mol. The molecule has 1 atom stereocenters. The fourth-order valence-electron chi connectivity index (χ4n) is 3.66. The van der Waals surface area contributed by atoms with E-state index in [2.05, 4.69) is 34.7 Å². The molecule has 1 fully saturated rings. The summed E-state index contributed by atoms with van der Waals surface area (Å²) in [6, 6.07) is 8.74. The Morgan fingerprint density at radius 3 is 2.71 bits per heavy atom. The van der Waals surface area contributed by atoms with Crippen molar-refractivity contribution in [3.63, 3.8) is 0 Å². The molecule has 0 spiro atoms. The Labute approximate surface area is 126 Å². The molecule has 1 aliphatic rings. The highest BCUT2D eigenvalue weighted by atomic mass is 15.2. The van der Waals surface area contributed by atoms with E-state index in [1.165, 1.54) is 54.9 Å². The van der Waals surface area contributed by atoms with Gasteiger partial charge < -0.3 is 0 Å². The van der Waals surface area contributed by atoms with E-state index < -0.39 is 0 Å². The summed E-state index contributed by atoms with van der Waals surface area (Å²) in [5.74, 6) is 6.67. The van der Waals surface area contributed by atoms with Gasteiger partial charge in [0.25, 0.3) is 0 Å². The second-order valence-corrected chi connectivity index (χ2v) is 6.26. The molecule has 3 nitrogen and oxygen atoms in total. The maximum absolute atomic E-state index is 5.88. The van der Waals surface area contributed by atoms with Crippen LogP contribution in [0.15, 0.2) is 36.7 Å². The molecule has 112 valence electrons. The number of fused-ring (bicyclic) bond motifs is 1. The maximum Gasteiger partial charge on any atom is 0.0469 e. The molecule has 0 aliphatic heterocycles. The summed E-state index contributed by atoms with van der Waals surface area (Å²) >= 11 is 0. The number of nitrogens with one attached hydrogen (secondary N) is 1. The summed E-state index contributed by atoms with van der Waals surface area (Å²) in [4.78, 5) is 4.28. The minimum absolute atomic E-state index is 0.223. The molecular weight excluding hydrogens is 258 g/mol.